The predicted octanol–water partition coefficient (Wildman–Crippen LogP) is 4.60. The number of fused-ring (bicyclic) bond motifs is 1. The van der Waals surface area contributed by atoms with E-state index < -0.39 is 5.82 Å². The zero-order chi connectivity index (χ0) is 21.1. The number of anilines is 1. The number of aromatic nitrogens is 3. The number of H-pyrrole nitrogens is 1. The lowest BCUT2D eigenvalue weighted by Gasteiger charge is -2.13. The van der Waals surface area contributed by atoms with Gasteiger partial charge < -0.3 is 10.3 Å². The van der Waals surface area contributed by atoms with Crippen LogP contribution in [0.3, 0.4) is 0 Å². The van der Waals surface area contributed by atoms with Crippen LogP contribution < -0.4 is 10.9 Å². The maximum Gasteiger partial charge on any atom is 0.278 e. The van der Waals surface area contributed by atoms with Crippen molar-refractivity contribution in [3.8, 4) is 0 Å². The first kappa shape index (κ1) is 21.4. The Hall–Kier alpha value is -2.32. The number of hydrogen-bond donors (Lipinski definition) is 2. The summed E-state index contributed by atoms with van der Waals surface area (Å²) in [5.41, 5.74) is 1.94. The average molecular weight is 437 g/mol. The normalized spacial score (nSPS) is 11.4. The maximum absolute atomic E-state index is 13.4. The second-order valence-electron chi connectivity index (χ2n) is 7.21. The van der Waals surface area contributed by atoms with E-state index in [2.05, 4.69) is 29.1 Å². The SMILES string of the molecule is Cc1cc2nc(SCC(=O)Nc3cc(F)ccc3Cl)n(CCC(C)C)c(=O)c2[nH]1. The lowest BCUT2D eigenvalue weighted by Crippen LogP contribution is -2.25. The van der Waals surface area contributed by atoms with Crippen LogP contribution >= 0.6 is 23.4 Å². The summed E-state index contributed by atoms with van der Waals surface area (Å²) in [7, 11) is 0. The van der Waals surface area contributed by atoms with Gasteiger partial charge in [0.2, 0.25) is 5.91 Å². The monoisotopic (exact) mass is 436 g/mol. The van der Waals surface area contributed by atoms with Gasteiger partial charge in [0.15, 0.2) is 5.16 Å². The van der Waals surface area contributed by atoms with Crippen LogP contribution in [0.25, 0.3) is 11.0 Å². The van der Waals surface area contributed by atoms with Crippen LogP contribution in [0.1, 0.15) is 26.0 Å². The highest BCUT2D eigenvalue weighted by atomic mass is 35.5. The van der Waals surface area contributed by atoms with Gasteiger partial charge in [-0.1, -0.05) is 37.2 Å². The van der Waals surface area contributed by atoms with Gasteiger partial charge in [0, 0.05) is 12.2 Å². The molecule has 1 amide bonds. The van der Waals surface area contributed by atoms with Gasteiger partial charge in [0.1, 0.15) is 11.3 Å². The Morgan fingerprint density at radius 3 is 2.86 bits per heavy atom. The number of benzene rings is 1. The first-order valence-electron chi connectivity index (χ1n) is 9.22. The van der Waals surface area contributed by atoms with Crippen LogP contribution in [0.15, 0.2) is 34.2 Å². The highest BCUT2D eigenvalue weighted by molar-refractivity contribution is 7.99. The van der Waals surface area contributed by atoms with Crippen molar-refractivity contribution < 1.29 is 9.18 Å². The van der Waals surface area contributed by atoms with Crippen molar-refractivity contribution in [3.05, 3.63) is 51.2 Å². The summed E-state index contributed by atoms with van der Waals surface area (Å²) >= 11 is 7.16. The second kappa shape index (κ2) is 9.00. The summed E-state index contributed by atoms with van der Waals surface area (Å²) in [6, 6.07) is 5.57. The zero-order valence-corrected chi connectivity index (χ0v) is 18.0. The number of amides is 1. The quantitative estimate of drug-likeness (QED) is 0.419. The van der Waals surface area contributed by atoms with Crippen LogP contribution in [0.5, 0.6) is 0 Å². The molecule has 0 spiro atoms. The molecule has 0 bridgehead atoms. The molecule has 0 saturated carbocycles. The van der Waals surface area contributed by atoms with E-state index in [1.165, 1.54) is 12.1 Å². The molecule has 0 aliphatic carbocycles. The van der Waals surface area contributed by atoms with Crippen LogP contribution in [-0.2, 0) is 11.3 Å². The minimum atomic E-state index is -0.491. The van der Waals surface area contributed by atoms with Crippen molar-refractivity contribution in [2.45, 2.75) is 38.9 Å². The number of hydrogen-bond acceptors (Lipinski definition) is 4. The number of rotatable bonds is 7. The Morgan fingerprint density at radius 2 is 2.14 bits per heavy atom. The zero-order valence-electron chi connectivity index (χ0n) is 16.4. The van der Waals surface area contributed by atoms with Crippen molar-refractivity contribution in [1.29, 1.82) is 0 Å². The number of nitrogens with zero attached hydrogens (tertiary/aromatic N) is 2. The van der Waals surface area contributed by atoms with E-state index in [4.69, 9.17) is 11.6 Å². The molecule has 0 unspecified atom stereocenters. The Balaban J connectivity index is 1.82. The third kappa shape index (κ3) is 5.19. The summed E-state index contributed by atoms with van der Waals surface area (Å²) in [5, 5.41) is 3.32. The van der Waals surface area contributed by atoms with Crippen LogP contribution in [-0.4, -0.2) is 26.2 Å². The Kier molecular flexibility index (Phi) is 6.64. The number of aromatic amines is 1. The molecular weight excluding hydrogens is 415 g/mol. The van der Waals surface area contributed by atoms with Crippen molar-refractivity contribution >= 4 is 46.0 Å². The van der Waals surface area contributed by atoms with Crippen molar-refractivity contribution in [1.82, 2.24) is 14.5 Å². The third-order valence-electron chi connectivity index (χ3n) is 4.30. The molecule has 0 fully saturated rings. The summed E-state index contributed by atoms with van der Waals surface area (Å²) in [5.74, 6) is -0.429. The number of thioether (sulfide) groups is 1. The summed E-state index contributed by atoms with van der Waals surface area (Å²) in [6.07, 6.45) is 0.811. The molecule has 0 atom stereocenters. The topological polar surface area (TPSA) is 79.8 Å². The van der Waals surface area contributed by atoms with Crippen molar-refractivity contribution in [2.24, 2.45) is 5.92 Å². The van der Waals surface area contributed by atoms with E-state index in [0.29, 0.717) is 28.7 Å². The molecule has 0 aliphatic heterocycles. The van der Waals surface area contributed by atoms with Crippen molar-refractivity contribution in [2.75, 3.05) is 11.1 Å². The maximum atomic E-state index is 13.4. The number of nitrogens with one attached hydrogen (secondary N) is 2. The van der Waals surface area contributed by atoms with Crippen molar-refractivity contribution in [3.63, 3.8) is 0 Å². The molecule has 2 heterocycles. The molecule has 2 N–H and O–H groups in total. The Labute approximate surface area is 176 Å². The fourth-order valence-corrected chi connectivity index (χ4v) is 3.81. The molecule has 154 valence electrons. The number of aryl methyl sites for hydroxylation is 1. The highest BCUT2D eigenvalue weighted by Gasteiger charge is 2.16. The third-order valence-corrected chi connectivity index (χ3v) is 5.61. The number of halogens is 2. The summed E-state index contributed by atoms with van der Waals surface area (Å²) in [6.45, 7) is 6.54. The average Bonchev–Trinajstić information content (AvgIpc) is 3.03. The largest absolute Gasteiger partial charge is 0.353 e. The Bertz CT molecular complexity index is 1110. The molecule has 29 heavy (non-hydrogen) atoms. The fourth-order valence-electron chi connectivity index (χ4n) is 2.82. The standard InChI is InChI=1S/C20H22ClFN4O2S/c1-11(2)6-7-26-19(28)18-16(8-12(3)23-18)25-20(26)29-10-17(27)24-15-9-13(22)4-5-14(15)21/h4-5,8-9,11,23H,6-7,10H2,1-3H3,(H,24,27). The van der Waals surface area contributed by atoms with Gasteiger partial charge in [-0.15, -0.1) is 0 Å². The molecule has 0 saturated heterocycles. The molecular formula is C20H22ClFN4O2S. The fraction of sp³-hybridized carbons (Fsp3) is 0.350. The first-order valence-corrected chi connectivity index (χ1v) is 10.6. The van der Waals surface area contributed by atoms with Gasteiger partial charge in [-0.25, -0.2) is 9.37 Å². The summed E-state index contributed by atoms with van der Waals surface area (Å²) < 4.78 is 15.0. The predicted molar refractivity (Wildman–Crippen MR) is 115 cm³/mol. The van der Waals surface area contributed by atoms with Gasteiger partial charge in [-0.2, -0.15) is 0 Å². The van der Waals surface area contributed by atoms with E-state index in [1.54, 1.807) is 10.6 Å². The first-order chi connectivity index (χ1) is 13.7. The number of carbonyl (C=O) groups excluding carboxylic acids is 1. The molecule has 1 aromatic carbocycles. The molecule has 9 heteroatoms. The van der Waals surface area contributed by atoms with Gasteiger partial charge >= 0.3 is 0 Å². The van der Waals surface area contributed by atoms with E-state index >= 15 is 0 Å². The van der Waals surface area contributed by atoms with Gasteiger partial charge in [0.05, 0.1) is 22.0 Å². The van der Waals surface area contributed by atoms with Crippen LogP contribution in [0.4, 0.5) is 10.1 Å². The van der Waals surface area contributed by atoms with E-state index in [9.17, 15) is 14.0 Å². The van der Waals surface area contributed by atoms with Crippen LogP contribution in [0, 0.1) is 18.7 Å². The minimum Gasteiger partial charge on any atom is -0.353 e. The molecule has 0 radical (unpaired) electrons. The Morgan fingerprint density at radius 1 is 1.38 bits per heavy atom. The molecule has 6 nitrogen and oxygen atoms in total. The lowest BCUT2D eigenvalue weighted by molar-refractivity contribution is -0.113. The van der Waals surface area contributed by atoms with Gasteiger partial charge in [-0.3, -0.25) is 14.2 Å². The smallest absolute Gasteiger partial charge is 0.278 e. The minimum absolute atomic E-state index is 0.00979. The number of carbonyl (C=O) groups is 1. The second-order valence-corrected chi connectivity index (χ2v) is 8.56. The molecule has 3 rings (SSSR count). The highest BCUT2D eigenvalue weighted by Crippen LogP contribution is 2.24. The van der Waals surface area contributed by atoms with E-state index in [0.717, 1.165) is 29.9 Å². The molecule has 3 aromatic rings. The van der Waals surface area contributed by atoms with Gasteiger partial charge in [0.25, 0.3) is 5.56 Å². The van der Waals surface area contributed by atoms with E-state index in [-0.39, 0.29) is 27.9 Å². The van der Waals surface area contributed by atoms with Gasteiger partial charge in [-0.05, 0) is 43.5 Å². The van der Waals surface area contributed by atoms with E-state index in [1.807, 2.05) is 6.92 Å². The lowest BCUT2D eigenvalue weighted by atomic mass is 10.1. The molecule has 2 aromatic heterocycles. The van der Waals surface area contributed by atoms with Crippen LogP contribution in [0.2, 0.25) is 5.02 Å². The summed E-state index contributed by atoms with van der Waals surface area (Å²) in [4.78, 5) is 32.9. The molecule has 0 aliphatic rings.